The van der Waals surface area contributed by atoms with Crippen molar-refractivity contribution in [2.75, 3.05) is 25.0 Å². The quantitative estimate of drug-likeness (QED) is 0.128. The number of carbonyl (C=O) groups is 3. The Balaban J connectivity index is 1.14. The predicted molar refractivity (Wildman–Crippen MR) is 192 cm³/mol. The third kappa shape index (κ3) is 8.81. The van der Waals surface area contributed by atoms with E-state index in [2.05, 4.69) is 31.1 Å². The molecule has 2 fully saturated rings. The molecule has 6 rings (SSSR count). The van der Waals surface area contributed by atoms with Crippen LogP contribution in [0.3, 0.4) is 0 Å². The standard InChI is InChI=1S/C38H44ClN7O3/c1-23-18-29(36(48)43-32-16-17-41-22-32)12-15-33(23)26-6-2-24(3-7-26)19-30(20-34(47)27-8-4-25(21-40)5-9-27)37(49)42-31-13-10-28(11-14-31)35-44-38(39)46-45-35/h2-3,6-7,10-15,18,25,27,30,32,41H,4-5,8-9,16-17,19-22,40H2,1H3,(H,42,49)(H,43,48)(H,44,45,46)/t25?,27?,30-,32+/m1/s1. The summed E-state index contributed by atoms with van der Waals surface area (Å²) in [6.07, 6.45) is 5.11. The number of anilines is 1. The van der Waals surface area contributed by atoms with E-state index < -0.39 is 5.92 Å². The maximum absolute atomic E-state index is 13.8. The number of H-pyrrole nitrogens is 1. The minimum absolute atomic E-state index is 0.0317. The van der Waals surface area contributed by atoms with Crippen LogP contribution in [-0.2, 0) is 16.0 Å². The molecule has 2 heterocycles. The fraction of sp³-hybridized carbons (Fsp3) is 0.395. The van der Waals surface area contributed by atoms with Gasteiger partial charge in [0, 0.05) is 47.7 Å². The van der Waals surface area contributed by atoms with Crippen LogP contribution in [0.5, 0.6) is 0 Å². The maximum atomic E-state index is 13.8. The average molecular weight is 682 g/mol. The molecule has 1 saturated carbocycles. The van der Waals surface area contributed by atoms with E-state index in [1.807, 2.05) is 61.5 Å². The van der Waals surface area contributed by atoms with Crippen molar-refractivity contribution in [3.05, 3.63) is 88.7 Å². The SMILES string of the molecule is Cc1cc(C(=O)N[C@H]2CCNC2)ccc1-c1ccc(C[C@H](CC(=O)C2CCC(CN)CC2)C(=O)Nc2ccc(-c3n[nH]c(Cl)n3)cc2)cc1. The Bertz CT molecular complexity index is 1760. The van der Waals surface area contributed by atoms with Crippen molar-refractivity contribution in [3.63, 3.8) is 0 Å². The number of hydrogen-bond acceptors (Lipinski definition) is 7. The molecule has 49 heavy (non-hydrogen) atoms. The lowest BCUT2D eigenvalue weighted by Gasteiger charge is -2.27. The molecule has 10 nitrogen and oxygen atoms in total. The van der Waals surface area contributed by atoms with Crippen molar-refractivity contribution in [2.24, 2.45) is 23.5 Å². The summed E-state index contributed by atoms with van der Waals surface area (Å²) in [5.74, 6) is 0.271. The maximum Gasteiger partial charge on any atom is 0.251 e. The summed E-state index contributed by atoms with van der Waals surface area (Å²) in [6, 6.07) is 21.3. The van der Waals surface area contributed by atoms with E-state index in [4.69, 9.17) is 17.3 Å². The van der Waals surface area contributed by atoms with Crippen molar-refractivity contribution in [1.29, 1.82) is 0 Å². The van der Waals surface area contributed by atoms with Gasteiger partial charge in [-0.15, -0.1) is 0 Å². The number of halogens is 1. The molecule has 1 aliphatic heterocycles. The van der Waals surface area contributed by atoms with Crippen LogP contribution in [0.1, 0.15) is 60.0 Å². The van der Waals surface area contributed by atoms with Gasteiger partial charge in [-0.2, -0.15) is 10.1 Å². The number of rotatable bonds is 12. The molecule has 1 saturated heterocycles. The molecule has 6 N–H and O–H groups in total. The van der Waals surface area contributed by atoms with E-state index in [0.29, 0.717) is 36.0 Å². The topological polar surface area (TPSA) is 155 Å². The van der Waals surface area contributed by atoms with Crippen molar-refractivity contribution in [3.8, 4) is 22.5 Å². The first-order valence-electron chi connectivity index (χ1n) is 17.2. The second-order valence-electron chi connectivity index (χ2n) is 13.4. The largest absolute Gasteiger partial charge is 0.348 e. The Kier molecular flexibility index (Phi) is 11.2. The van der Waals surface area contributed by atoms with E-state index in [1.54, 1.807) is 12.1 Å². The molecule has 0 radical (unpaired) electrons. The van der Waals surface area contributed by atoms with Crippen molar-refractivity contribution in [1.82, 2.24) is 25.8 Å². The lowest BCUT2D eigenvalue weighted by atomic mass is 9.77. The summed E-state index contributed by atoms with van der Waals surface area (Å²) >= 11 is 5.88. The lowest BCUT2D eigenvalue weighted by Crippen LogP contribution is -2.36. The number of hydrogen-bond donors (Lipinski definition) is 5. The molecule has 2 amide bonds. The number of amides is 2. The Labute approximate surface area is 292 Å². The van der Waals surface area contributed by atoms with Crippen molar-refractivity contribution in [2.45, 2.75) is 57.9 Å². The van der Waals surface area contributed by atoms with E-state index in [9.17, 15) is 14.4 Å². The Morgan fingerprint density at radius 2 is 1.69 bits per heavy atom. The Hall–Kier alpha value is -4.38. The van der Waals surface area contributed by atoms with Gasteiger partial charge in [-0.25, -0.2) is 5.10 Å². The highest BCUT2D eigenvalue weighted by Gasteiger charge is 2.30. The minimum Gasteiger partial charge on any atom is -0.348 e. The molecule has 256 valence electrons. The van der Waals surface area contributed by atoms with Gasteiger partial charge in [-0.1, -0.05) is 30.3 Å². The lowest BCUT2D eigenvalue weighted by molar-refractivity contribution is -0.129. The van der Waals surface area contributed by atoms with Crippen LogP contribution in [0.4, 0.5) is 5.69 Å². The molecule has 4 aromatic rings. The summed E-state index contributed by atoms with van der Waals surface area (Å²) in [6.45, 7) is 4.39. The first-order chi connectivity index (χ1) is 23.7. The summed E-state index contributed by atoms with van der Waals surface area (Å²) in [5, 5.41) is 16.3. The molecule has 2 aliphatic rings. The summed E-state index contributed by atoms with van der Waals surface area (Å²) in [5.41, 5.74) is 12.0. The van der Waals surface area contributed by atoms with E-state index in [-0.39, 0.29) is 41.3 Å². The zero-order chi connectivity index (χ0) is 34.3. The first kappa shape index (κ1) is 34.5. The molecule has 0 spiro atoms. The molecular formula is C38H44ClN7O3. The second kappa shape index (κ2) is 15.9. The zero-order valence-electron chi connectivity index (χ0n) is 27.8. The van der Waals surface area contributed by atoms with Gasteiger partial charge in [-0.3, -0.25) is 14.4 Å². The van der Waals surface area contributed by atoms with Gasteiger partial charge < -0.3 is 21.7 Å². The number of nitrogens with zero attached hydrogens (tertiary/aromatic N) is 2. The van der Waals surface area contributed by atoms with Crippen LogP contribution in [0.25, 0.3) is 22.5 Å². The van der Waals surface area contributed by atoms with Crippen LogP contribution in [-0.4, -0.2) is 58.5 Å². The smallest absolute Gasteiger partial charge is 0.251 e. The van der Waals surface area contributed by atoms with E-state index in [0.717, 1.165) is 73.0 Å². The van der Waals surface area contributed by atoms with Gasteiger partial charge in [0.2, 0.25) is 11.2 Å². The molecule has 2 atom stereocenters. The summed E-state index contributed by atoms with van der Waals surface area (Å²) < 4.78 is 0. The number of carbonyl (C=O) groups excluding carboxylic acids is 3. The van der Waals surface area contributed by atoms with Crippen LogP contribution >= 0.6 is 11.6 Å². The predicted octanol–water partition coefficient (Wildman–Crippen LogP) is 5.71. The third-order valence-corrected chi connectivity index (χ3v) is 10.1. The zero-order valence-corrected chi connectivity index (χ0v) is 28.6. The van der Waals surface area contributed by atoms with Crippen molar-refractivity contribution >= 4 is 34.9 Å². The van der Waals surface area contributed by atoms with E-state index >= 15 is 0 Å². The number of nitrogens with one attached hydrogen (secondary N) is 4. The molecule has 0 unspecified atom stereocenters. The first-order valence-corrected chi connectivity index (χ1v) is 17.6. The molecule has 11 heteroatoms. The van der Waals surface area contributed by atoms with Crippen LogP contribution in [0.2, 0.25) is 5.28 Å². The minimum atomic E-state index is -0.535. The van der Waals surface area contributed by atoms with Crippen LogP contribution in [0.15, 0.2) is 66.7 Å². The molecule has 1 aromatic heterocycles. The number of benzene rings is 3. The number of aryl methyl sites for hydroxylation is 1. The highest BCUT2D eigenvalue weighted by molar-refractivity contribution is 6.28. The normalized spacial score (nSPS) is 19.7. The molecule has 1 aliphatic carbocycles. The van der Waals surface area contributed by atoms with Crippen molar-refractivity contribution < 1.29 is 14.4 Å². The van der Waals surface area contributed by atoms with Gasteiger partial charge in [-0.05, 0) is 135 Å². The fourth-order valence-corrected chi connectivity index (χ4v) is 7.11. The molecule has 3 aromatic carbocycles. The molecule has 0 bridgehead atoms. The number of aromatic nitrogens is 3. The van der Waals surface area contributed by atoms with Gasteiger partial charge in [0.05, 0.1) is 0 Å². The summed E-state index contributed by atoms with van der Waals surface area (Å²) in [7, 11) is 0. The van der Waals surface area contributed by atoms with Gasteiger partial charge in [0.1, 0.15) is 5.78 Å². The molecular weight excluding hydrogens is 638 g/mol. The number of ketones is 1. The Morgan fingerprint density at radius 1 is 0.959 bits per heavy atom. The number of Topliss-reactive ketones (excluding diaryl/α,β-unsaturated/α-hetero) is 1. The number of nitrogens with two attached hydrogens (primary N) is 1. The number of aromatic amines is 1. The van der Waals surface area contributed by atoms with E-state index in [1.165, 1.54) is 0 Å². The monoisotopic (exact) mass is 681 g/mol. The van der Waals surface area contributed by atoms with Crippen LogP contribution < -0.4 is 21.7 Å². The van der Waals surface area contributed by atoms with Gasteiger partial charge in [0.25, 0.3) is 5.91 Å². The average Bonchev–Trinajstić information content (AvgIpc) is 3.80. The van der Waals surface area contributed by atoms with Gasteiger partial charge >= 0.3 is 0 Å². The fourth-order valence-electron chi connectivity index (χ4n) is 6.99. The summed E-state index contributed by atoms with van der Waals surface area (Å²) in [4.78, 5) is 44.2. The van der Waals surface area contributed by atoms with Crippen LogP contribution in [0, 0.1) is 24.7 Å². The Morgan fingerprint density at radius 3 is 2.33 bits per heavy atom. The highest BCUT2D eigenvalue weighted by Crippen LogP contribution is 2.32. The highest BCUT2D eigenvalue weighted by atomic mass is 35.5. The van der Waals surface area contributed by atoms with Gasteiger partial charge in [0.15, 0.2) is 5.82 Å². The second-order valence-corrected chi connectivity index (χ2v) is 13.8. The third-order valence-electron chi connectivity index (χ3n) is 9.95.